The standard InChI is InChI=1S/C24H28N6O4S2/c1-16-13-18(15-25)14-17(2)21(16)34-23-22-20(5-12-35-22)27-24(28-23)26-19-3-6-29(7-4-19)36(31,32)30-8-10-33-11-9-30/h5,12-14,19H,3-4,6-11H2,1-2H3,(H,26,27,28). The van der Waals surface area contributed by atoms with Crippen LogP contribution in [0.5, 0.6) is 11.6 Å². The quantitative estimate of drug-likeness (QED) is 0.517. The molecule has 0 bridgehead atoms. The maximum Gasteiger partial charge on any atom is 0.282 e. The number of rotatable bonds is 6. The second-order valence-electron chi connectivity index (χ2n) is 8.98. The normalized spacial score (nSPS) is 18.2. The molecule has 2 aliphatic heterocycles. The fraction of sp³-hybridized carbons (Fsp3) is 0.458. The molecule has 4 heterocycles. The highest BCUT2D eigenvalue weighted by molar-refractivity contribution is 7.86. The summed E-state index contributed by atoms with van der Waals surface area (Å²) in [5.41, 5.74) is 3.09. The zero-order chi connectivity index (χ0) is 25.3. The molecule has 0 atom stereocenters. The summed E-state index contributed by atoms with van der Waals surface area (Å²) in [5, 5.41) is 14.6. The number of aromatic nitrogens is 2. The molecule has 2 aliphatic rings. The van der Waals surface area contributed by atoms with Crippen molar-refractivity contribution in [2.45, 2.75) is 32.7 Å². The first-order valence-corrected chi connectivity index (χ1v) is 14.2. The molecule has 0 amide bonds. The second-order valence-corrected chi connectivity index (χ2v) is 11.8. The van der Waals surface area contributed by atoms with Gasteiger partial charge in [-0.2, -0.15) is 27.3 Å². The molecule has 2 fully saturated rings. The molecular formula is C24H28N6O4S2. The monoisotopic (exact) mass is 528 g/mol. The predicted octanol–water partition coefficient (Wildman–Crippen LogP) is 3.43. The number of aryl methyl sites for hydroxylation is 2. The van der Waals surface area contributed by atoms with Gasteiger partial charge < -0.3 is 14.8 Å². The Morgan fingerprint density at radius 3 is 2.44 bits per heavy atom. The average Bonchev–Trinajstić information content (AvgIpc) is 3.36. The molecule has 2 saturated heterocycles. The van der Waals surface area contributed by atoms with E-state index in [4.69, 9.17) is 9.47 Å². The van der Waals surface area contributed by atoms with Crippen LogP contribution in [-0.2, 0) is 14.9 Å². The summed E-state index contributed by atoms with van der Waals surface area (Å²) in [6, 6.07) is 7.74. The molecular weight excluding hydrogens is 500 g/mol. The summed E-state index contributed by atoms with van der Waals surface area (Å²) in [4.78, 5) is 9.33. The third-order valence-electron chi connectivity index (χ3n) is 6.47. The minimum absolute atomic E-state index is 0.0449. The van der Waals surface area contributed by atoms with E-state index < -0.39 is 10.2 Å². The van der Waals surface area contributed by atoms with Crippen molar-refractivity contribution >= 4 is 37.7 Å². The molecule has 5 rings (SSSR count). The smallest absolute Gasteiger partial charge is 0.282 e. The van der Waals surface area contributed by atoms with E-state index in [1.165, 1.54) is 15.6 Å². The number of nitriles is 1. The Kier molecular flexibility index (Phi) is 7.09. The Morgan fingerprint density at radius 1 is 1.11 bits per heavy atom. The van der Waals surface area contributed by atoms with Crippen molar-refractivity contribution in [3.63, 3.8) is 0 Å². The lowest BCUT2D eigenvalue weighted by Gasteiger charge is -2.36. The van der Waals surface area contributed by atoms with E-state index in [2.05, 4.69) is 21.4 Å². The molecule has 36 heavy (non-hydrogen) atoms. The Labute approximate surface area is 214 Å². The summed E-state index contributed by atoms with van der Waals surface area (Å²) < 4.78 is 41.4. The highest BCUT2D eigenvalue weighted by atomic mass is 32.2. The van der Waals surface area contributed by atoms with Crippen molar-refractivity contribution in [3.05, 3.63) is 40.3 Å². The molecule has 3 aromatic rings. The summed E-state index contributed by atoms with van der Waals surface area (Å²) in [7, 11) is -3.47. The minimum atomic E-state index is -3.47. The van der Waals surface area contributed by atoms with Gasteiger partial charge in [0, 0.05) is 32.2 Å². The number of thiophene rings is 1. The Hall–Kier alpha value is -2.82. The van der Waals surface area contributed by atoms with Crippen LogP contribution in [0.4, 0.5) is 5.95 Å². The van der Waals surface area contributed by atoms with Gasteiger partial charge in [-0.1, -0.05) is 0 Å². The molecule has 0 radical (unpaired) electrons. The SMILES string of the molecule is Cc1cc(C#N)cc(C)c1Oc1nc(NC2CCN(S(=O)(=O)N3CCOCC3)CC2)nc2ccsc12. The van der Waals surface area contributed by atoms with E-state index in [1.807, 2.05) is 25.3 Å². The fourth-order valence-electron chi connectivity index (χ4n) is 4.60. The second kappa shape index (κ2) is 10.3. The molecule has 10 nitrogen and oxygen atoms in total. The van der Waals surface area contributed by atoms with Gasteiger partial charge in [0.05, 0.1) is 30.4 Å². The van der Waals surface area contributed by atoms with Crippen molar-refractivity contribution in [1.82, 2.24) is 18.6 Å². The van der Waals surface area contributed by atoms with E-state index in [1.54, 1.807) is 16.4 Å². The zero-order valence-corrected chi connectivity index (χ0v) is 21.9. The van der Waals surface area contributed by atoms with Gasteiger partial charge in [-0.15, -0.1) is 11.3 Å². The van der Waals surface area contributed by atoms with E-state index in [0.29, 0.717) is 75.4 Å². The van der Waals surface area contributed by atoms with Crippen molar-refractivity contribution in [1.29, 1.82) is 5.26 Å². The molecule has 190 valence electrons. The van der Waals surface area contributed by atoms with Gasteiger partial charge in [0.1, 0.15) is 10.4 Å². The molecule has 2 aromatic heterocycles. The highest BCUT2D eigenvalue weighted by Crippen LogP contribution is 2.36. The lowest BCUT2D eigenvalue weighted by molar-refractivity contribution is 0.0696. The number of nitrogens with zero attached hydrogens (tertiary/aromatic N) is 5. The van der Waals surface area contributed by atoms with Crippen LogP contribution in [0.25, 0.3) is 10.2 Å². The Morgan fingerprint density at radius 2 is 1.78 bits per heavy atom. The first-order valence-electron chi connectivity index (χ1n) is 11.9. The van der Waals surface area contributed by atoms with Crippen LogP contribution in [0.1, 0.15) is 29.5 Å². The van der Waals surface area contributed by atoms with Crippen molar-refractivity contribution in [3.8, 4) is 17.7 Å². The van der Waals surface area contributed by atoms with Crippen molar-refractivity contribution < 1.29 is 17.9 Å². The number of piperidine rings is 1. The summed E-state index contributed by atoms with van der Waals surface area (Å²) in [6.07, 6.45) is 1.30. The largest absolute Gasteiger partial charge is 0.437 e. The molecule has 12 heteroatoms. The summed E-state index contributed by atoms with van der Waals surface area (Å²) in [5.74, 6) is 1.59. The number of fused-ring (bicyclic) bond motifs is 1. The number of benzene rings is 1. The summed E-state index contributed by atoms with van der Waals surface area (Å²) in [6.45, 7) is 6.36. The number of hydrogen-bond donors (Lipinski definition) is 1. The number of ether oxygens (including phenoxy) is 2. The van der Waals surface area contributed by atoms with Crippen LogP contribution in [0.15, 0.2) is 23.6 Å². The van der Waals surface area contributed by atoms with Crippen molar-refractivity contribution in [2.75, 3.05) is 44.7 Å². The Bertz CT molecular complexity index is 1380. The average molecular weight is 529 g/mol. The Balaban J connectivity index is 1.31. The van der Waals surface area contributed by atoms with Gasteiger partial charge in [-0.3, -0.25) is 0 Å². The number of hydrogen-bond acceptors (Lipinski definition) is 9. The molecule has 1 aromatic carbocycles. The van der Waals surface area contributed by atoms with Gasteiger partial charge >= 0.3 is 0 Å². The topological polar surface area (TPSA) is 121 Å². The maximum absolute atomic E-state index is 13.0. The first kappa shape index (κ1) is 24.9. The molecule has 0 unspecified atom stereocenters. The van der Waals surface area contributed by atoms with E-state index in [0.717, 1.165) is 21.3 Å². The lowest BCUT2D eigenvalue weighted by Crippen LogP contribution is -2.51. The number of anilines is 1. The van der Waals surface area contributed by atoms with Gasteiger partial charge in [-0.25, -0.2) is 4.98 Å². The number of nitrogens with one attached hydrogen (secondary N) is 1. The summed E-state index contributed by atoms with van der Waals surface area (Å²) >= 11 is 1.51. The lowest BCUT2D eigenvalue weighted by atomic mass is 10.1. The van der Waals surface area contributed by atoms with E-state index >= 15 is 0 Å². The van der Waals surface area contributed by atoms with Crippen LogP contribution in [0, 0.1) is 25.2 Å². The fourth-order valence-corrected chi connectivity index (χ4v) is 6.96. The third kappa shape index (κ3) is 5.02. The van der Waals surface area contributed by atoms with Crippen LogP contribution in [0.3, 0.4) is 0 Å². The van der Waals surface area contributed by atoms with Crippen LogP contribution < -0.4 is 10.1 Å². The molecule has 1 N–H and O–H groups in total. The molecule has 0 aliphatic carbocycles. The van der Waals surface area contributed by atoms with Gasteiger partial charge in [0.15, 0.2) is 0 Å². The van der Waals surface area contributed by atoms with E-state index in [-0.39, 0.29) is 6.04 Å². The minimum Gasteiger partial charge on any atom is -0.437 e. The van der Waals surface area contributed by atoms with Crippen molar-refractivity contribution in [2.24, 2.45) is 0 Å². The first-order chi connectivity index (χ1) is 17.3. The van der Waals surface area contributed by atoms with Gasteiger partial charge in [0.25, 0.3) is 10.2 Å². The zero-order valence-electron chi connectivity index (χ0n) is 20.2. The maximum atomic E-state index is 13.0. The van der Waals surface area contributed by atoms with Crippen LogP contribution >= 0.6 is 11.3 Å². The van der Waals surface area contributed by atoms with Gasteiger partial charge in [0.2, 0.25) is 11.8 Å². The molecule has 0 saturated carbocycles. The third-order valence-corrected chi connectivity index (χ3v) is 9.40. The molecule has 0 spiro atoms. The number of morpholine rings is 1. The highest BCUT2D eigenvalue weighted by Gasteiger charge is 2.34. The van der Waals surface area contributed by atoms with Gasteiger partial charge in [-0.05, 0) is 61.4 Å². The van der Waals surface area contributed by atoms with Crippen LogP contribution in [-0.4, -0.2) is 72.4 Å². The van der Waals surface area contributed by atoms with Crippen LogP contribution in [0.2, 0.25) is 0 Å². The van der Waals surface area contributed by atoms with E-state index in [9.17, 15) is 13.7 Å². The predicted molar refractivity (Wildman–Crippen MR) is 138 cm³/mol.